The van der Waals surface area contributed by atoms with E-state index in [-0.39, 0.29) is 0 Å². The SMILES string of the molecule is CCCOCCC1(CCl)CC2CC2C1. The van der Waals surface area contributed by atoms with E-state index < -0.39 is 0 Å². The Morgan fingerprint density at radius 3 is 2.57 bits per heavy atom. The second-order valence-electron chi connectivity index (χ2n) is 5.16. The van der Waals surface area contributed by atoms with Crippen molar-refractivity contribution in [1.29, 1.82) is 0 Å². The summed E-state index contributed by atoms with van der Waals surface area (Å²) in [6.45, 7) is 3.98. The van der Waals surface area contributed by atoms with Gasteiger partial charge < -0.3 is 4.74 Å². The molecule has 0 aliphatic heterocycles. The summed E-state index contributed by atoms with van der Waals surface area (Å²) < 4.78 is 5.56. The average Bonchev–Trinajstić information content (AvgIpc) is 2.82. The fourth-order valence-corrected chi connectivity index (χ4v) is 3.27. The highest BCUT2D eigenvalue weighted by Gasteiger charge is 2.52. The molecule has 0 aromatic rings. The second-order valence-corrected chi connectivity index (χ2v) is 5.43. The molecule has 2 aliphatic carbocycles. The summed E-state index contributed by atoms with van der Waals surface area (Å²) in [5, 5.41) is 0. The van der Waals surface area contributed by atoms with Gasteiger partial charge in [-0.05, 0) is 49.4 Å². The maximum Gasteiger partial charge on any atom is 0.0471 e. The van der Waals surface area contributed by atoms with Gasteiger partial charge in [0.05, 0.1) is 0 Å². The molecule has 2 saturated carbocycles. The maximum atomic E-state index is 6.11. The van der Waals surface area contributed by atoms with Crippen LogP contribution in [0.3, 0.4) is 0 Å². The smallest absolute Gasteiger partial charge is 0.0471 e. The minimum atomic E-state index is 0.447. The molecule has 1 nitrogen and oxygen atoms in total. The van der Waals surface area contributed by atoms with Crippen molar-refractivity contribution < 1.29 is 4.74 Å². The van der Waals surface area contributed by atoms with Gasteiger partial charge in [0.2, 0.25) is 0 Å². The molecular formula is C12H21ClO. The fraction of sp³-hybridized carbons (Fsp3) is 1.00. The normalized spacial score (nSPS) is 39.9. The third kappa shape index (κ3) is 2.25. The quantitative estimate of drug-likeness (QED) is 0.488. The van der Waals surface area contributed by atoms with Crippen LogP contribution in [0.4, 0.5) is 0 Å². The number of rotatable bonds is 6. The summed E-state index contributed by atoms with van der Waals surface area (Å²) in [5.74, 6) is 2.90. The van der Waals surface area contributed by atoms with Gasteiger partial charge in [0.1, 0.15) is 0 Å². The van der Waals surface area contributed by atoms with Crippen LogP contribution < -0.4 is 0 Å². The molecule has 2 fully saturated rings. The van der Waals surface area contributed by atoms with Crippen molar-refractivity contribution >= 4 is 11.6 Å². The van der Waals surface area contributed by atoms with Crippen LogP contribution in [-0.4, -0.2) is 19.1 Å². The van der Waals surface area contributed by atoms with Crippen molar-refractivity contribution in [3.8, 4) is 0 Å². The molecular weight excluding hydrogens is 196 g/mol. The minimum Gasteiger partial charge on any atom is -0.381 e. The standard InChI is InChI=1S/C12H21ClO/c1-2-4-14-5-3-12(9-13)7-10-6-11(10)8-12/h10-11H,2-9H2,1H3. The van der Waals surface area contributed by atoms with Crippen molar-refractivity contribution in [2.45, 2.75) is 39.0 Å². The van der Waals surface area contributed by atoms with Crippen molar-refractivity contribution in [2.75, 3.05) is 19.1 Å². The Hall–Kier alpha value is 0.250. The molecule has 2 rings (SSSR count). The molecule has 0 N–H and O–H groups in total. The van der Waals surface area contributed by atoms with E-state index in [1.807, 2.05) is 0 Å². The fourth-order valence-electron chi connectivity index (χ4n) is 2.92. The number of alkyl halides is 1. The van der Waals surface area contributed by atoms with Gasteiger partial charge in [0, 0.05) is 19.1 Å². The van der Waals surface area contributed by atoms with Crippen LogP contribution in [0.5, 0.6) is 0 Å². The van der Waals surface area contributed by atoms with Crippen molar-refractivity contribution in [1.82, 2.24) is 0 Å². The molecule has 2 unspecified atom stereocenters. The van der Waals surface area contributed by atoms with Gasteiger partial charge in [-0.15, -0.1) is 11.6 Å². The van der Waals surface area contributed by atoms with Crippen LogP contribution in [0.1, 0.15) is 39.0 Å². The zero-order valence-corrected chi connectivity index (χ0v) is 9.85. The Kier molecular flexibility index (Phi) is 3.38. The van der Waals surface area contributed by atoms with Crippen molar-refractivity contribution in [3.05, 3.63) is 0 Å². The lowest BCUT2D eigenvalue weighted by Gasteiger charge is -2.28. The highest BCUT2D eigenvalue weighted by Crippen LogP contribution is 2.61. The maximum absolute atomic E-state index is 6.11. The molecule has 0 amide bonds. The predicted octanol–water partition coefficient (Wildman–Crippen LogP) is 3.46. The predicted molar refractivity (Wildman–Crippen MR) is 59.7 cm³/mol. The first-order valence-electron chi connectivity index (χ1n) is 5.93. The van der Waals surface area contributed by atoms with Gasteiger partial charge in [-0.1, -0.05) is 6.92 Å². The third-order valence-electron chi connectivity index (χ3n) is 3.87. The molecule has 0 saturated heterocycles. The van der Waals surface area contributed by atoms with Crippen molar-refractivity contribution in [3.63, 3.8) is 0 Å². The Morgan fingerprint density at radius 1 is 1.29 bits per heavy atom. The largest absolute Gasteiger partial charge is 0.381 e. The second kappa shape index (κ2) is 4.40. The lowest BCUT2D eigenvalue weighted by molar-refractivity contribution is 0.0978. The monoisotopic (exact) mass is 216 g/mol. The van der Waals surface area contributed by atoms with Crippen LogP contribution in [0.15, 0.2) is 0 Å². The van der Waals surface area contributed by atoms with Crippen LogP contribution in [0.25, 0.3) is 0 Å². The zero-order valence-electron chi connectivity index (χ0n) is 9.10. The highest BCUT2D eigenvalue weighted by atomic mass is 35.5. The van der Waals surface area contributed by atoms with Gasteiger partial charge >= 0.3 is 0 Å². The van der Waals surface area contributed by atoms with Crippen LogP contribution in [0.2, 0.25) is 0 Å². The molecule has 0 aromatic carbocycles. The van der Waals surface area contributed by atoms with Crippen molar-refractivity contribution in [2.24, 2.45) is 17.3 Å². The van der Waals surface area contributed by atoms with Gasteiger partial charge in [0.15, 0.2) is 0 Å². The van der Waals surface area contributed by atoms with Gasteiger partial charge in [-0.25, -0.2) is 0 Å². The van der Waals surface area contributed by atoms with E-state index in [2.05, 4.69) is 6.92 Å². The number of hydrogen-bond acceptors (Lipinski definition) is 1. The first-order valence-corrected chi connectivity index (χ1v) is 6.47. The summed E-state index contributed by atoms with van der Waals surface area (Å²) in [6, 6.07) is 0. The molecule has 82 valence electrons. The van der Waals surface area contributed by atoms with E-state index in [4.69, 9.17) is 16.3 Å². The van der Waals surface area contributed by atoms with E-state index in [0.717, 1.165) is 37.4 Å². The Morgan fingerprint density at radius 2 is 2.00 bits per heavy atom. The Balaban J connectivity index is 1.70. The van der Waals surface area contributed by atoms with Crippen LogP contribution in [0, 0.1) is 17.3 Å². The molecule has 2 aliphatic rings. The summed E-state index contributed by atoms with van der Waals surface area (Å²) in [4.78, 5) is 0. The lowest BCUT2D eigenvalue weighted by Crippen LogP contribution is -2.23. The topological polar surface area (TPSA) is 9.23 Å². The van der Waals surface area contributed by atoms with E-state index in [0.29, 0.717) is 5.41 Å². The molecule has 0 spiro atoms. The van der Waals surface area contributed by atoms with E-state index in [9.17, 15) is 0 Å². The molecule has 0 radical (unpaired) electrons. The molecule has 2 heteroatoms. The highest BCUT2D eigenvalue weighted by molar-refractivity contribution is 6.18. The molecule has 0 aromatic heterocycles. The average molecular weight is 217 g/mol. The summed E-state index contributed by atoms with van der Waals surface area (Å²) in [6.07, 6.45) is 6.53. The number of ether oxygens (including phenoxy) is 1. The summed E-state index contributed by atoms with van der Waals surface area (Å²) in [5.41, 5.74) is 0.447. The van der Waals surface area contributed by atoms with E-state index >= 15 is 0 Å². The van der Waals surface area contributed by atoms with Crippen LogP contribution >= 0.6 is 11.6 Å². The minimum absolute atomic E-state index is 0.447. The zero-order chi connectivity index (χ0) is 10.0. The first kappa shape index (κ1) is 10.8. The Labute approximate surface area is 92.2 Å². The number of fused-ring (bicyclic) bond motifs is 1. The van der Waals surface area contributed by atoms with Gasteiger partial charge in [0.25, 0.3) is 0 Å². The Bertz CT molecular complexity index is 183. The summed E-state index contributed by atoms with van der Waals surface area (Å²) in [7, 11) is 0. The number of hydrogen-bond donors (Lipinski definition) is 0. The molecule has 0 bridgehead atoms. The van der Waals surface area contributed by atoms with Gasteiger partial charge in [-0.2, -0.15) is 0 Å². The molecule has 0 heterocycles. The molecule has 2 atom stereocenters. The van der Waals surface area contributed by atoms with E-state index in [1.165, 1.54) is 25.7 Å². The van der Waals surface area contributed by atoms with Gasteiger partial charge in [-0.3, -0.25) is 0 Å². The lowest BCUT2D eigenvalue weighted by atomic mass is 9.82. The van der Waals surface area contributed by atoms with E-state index in [1.54, 1.807) is 0 Å². The third-order valence-corrected chi connectivity index (χ3v) is 4.44. The first-order chi connectivity index (χ1) is 6.79. The number of halogens is 1. The van der Waals surface area contributed by atoms with Crippen LogP contribution in [-0.2, 0) is 4.74 Å². The summed E-state index contributed by atoms with van der Waals surface area (Å²) >= 11 is 6.11. The molecule has 14 heavy (non-hydrogen) atoms.